The van der Waals surface area contributed by atoms with E-state index in [-0.39, 0.29) is 6.42 Å². The number of cyclic esters (lactones) is 2. The molecule has 0 spiro atoms. The quantitative estimate of drug-likeness (QED) is 0.597. The molecule has 3 rings (SSSR count). The van der Waals surface area contributed by atoms with Crippen LogP contribution in [0.3, 0.4) is 0 Å². The van der Waals surface area contributed by atoms with E-state index in [1.54, 1.807) is 13.8 Å². The molecule has 2 aliphatic rings. The molecule has 2 heterocycles. The second-order valence-corrected chi connectivity index (χ2v) is 7.61. The molecule has 0 atom stereocenters. The third-order valence-corrected chi connectivity index (χ3v) is 4.98. The number of hydrogen-bond donors (Lipinski definition) is 0. The predicted octanol–water partition coefficient (Wildman–Crippen LogP) is 3.40. The molecular weight excluding hydrogens is 330 g/mol. The summed E-state index contributed by atoms with van der Waals surface area (Å²) in [6.45, 7) is 5.32. The van der Waals surface area contributed by atoms with Crippen LogP contribution in [0.5, 0.6) is 0 Å². The second-order valence-electron chi connectivity index (χ2n) is 7.61. The first-order chi connectivity index (χ1) is 12.4. The summed E-state index contributed by atoms with van der Waals surface area (Å²) >= 11 is 0. The van der Waals surface area contributed by atoms with Gasteiger partial charge in [-0.25, -0.2) is 0 Å². The van der Waals surface area contributed by atoms with E-state index in [4.69, 9.17) is 9.47 Å². The van der Waals surface area contributed by atoms with Crippen LogP contribution in [-0.2, 0) is 19.1 Å². The number of esters is 2. The van der Waals surface area contributed by atoms with Crippen LogP contribution < -0.4 is 0 Å². The highest BCUT2D eigenvalue weighted by molar-refractivity contribution is 6.02. The van der Waals surface area contributed by atoms with Gasteiger partial charge in [-0.05, 0) is 37.9 Å². The van der Waals surface area contributed by atoms with Gasteiger partial charge in [0.1, 0.15) is 0 Å². The van der Waals surface area contributed by atoms with E-state index in [1.807, 2.05) is 42.5 Å². The third-order valence-electron chi connectivity index (χ3n) is 4.98. The SMILES string of the molecule is CC1(C)OC(=O)C(C/C=C/c2ccccc2)(CN2CCCCC2)C(=O)O1. The molecule has 2 saturated heterocycles. The first-order valence-electron chi connectivity index (χ1n) is 9.32. The highest BCUT2D eigenvalue weighted by Crippen LogP contribution is 2.37. The van der Waals surface area contributed by atoms with Crippen molar-refractivity contribution in [2.45, 2.75) is 45.3 Å². The standard InChI is InChI=1S/C21H27NO4/c1-20(2)25-18(23)21(19(24)26-20,16-22-14-7-4-8-15-22)13-9-12-17-10-5-3-6-11-17/h3,5-6,9-12H,4,7-8,13-16H2,1-2H3/b12-9+. The number of rotatable bonds is 5. The Bertz CT molecular complexity index is 655. The van der Waals surface area contributed by atoms with Crippen LogP contribution in [0.15, 0.2) is 36.4 Å². The maximum Gasteiger partial charge on any atom is 0.328 e. The summed E-state index contributed by atoms with van der Waals surface area (Å²) in [4.78, 5) is 27.9. The van der Waals surface area contributed by atoms with Crippen molar-refractivity contribution in [1.82, 2.24) is 4.90 Å². The molecule has 0 unspecified atom stereocenters. The molecule has 0 aliphatic carbocycles. The number of likely N-dealkylation sites (tertiary alicyclic amines) is 1. The van der Waals surface area contributed by atoms with Crippen LogP contribution in [0.4, 0.5) is 0 Å². The maximum atomic E-state index is 12.9. The largest absolute Gasteiger partial charge is 0.422 e. The van der Waals surface area contributed by atoms with Crippen molar-refractivity contribution in [2.24, 2.45) is 5.41 Å². The Hall–Kier alpha value is -2.14. The Morgan fingerprint density at radius 3 is 2.23 bits per heavy atom. The van der Waals surface area contributed by atoms with E-state index in [0.717, 1.165) is 31.5 Å². The Kier molecular flexibility index (Phi) is 5.47. The predicted molar refractivity (Wildman–Crippen MR) is 99.1 cm³/mol. The summed E-state index contributed by atoms with van der Waals surface area (Å²) < 4.78 is 10.9. The lowest BCUT2D eigenvalue weighted by atomic mass is 9.81. The van der Waals surface area contributed by atoms with E-state index in [9.17, 15) is 9.59 Å². The molecule has 5 nitrogen and oxygen atoms in total. The highest BCUT2D eigenvalue weighted by atomic mass is 16.7. The summed E-state index contributed by atoms with van der Waals surface area (Å²) in [5.41, 5.74) is -0.267. The lowest BCUT2D eigenvalue weighted by molar-refractivity contribution is -0.252. The molecular formula is C21H27NO4. The van der Waals surface area contributed by atoms with Gasteiger partial charge in [0.05, 0.1) is 0 Å². The monoisotopic (exact) mass is 357 g/mol. The van der Waals surface area contributed by atoms with Gasteiger partial charge in [0.15, 0.2) is 5.41 Å². The average Bonchev–Trinajstić information content (AvgIpc) is 2.60. The first kappa shape index (κ1) is 18.6. The summed E-state index contributed by atoms with van der Waals surface area (Å²) in [5, 5.41) is 0. The molecule has 140 valence electrons. The molecule has 0 amide bonds. The van der Waals surface area contributed by atoms with Gasteiger partial charge in [0.2, 0.25) is 0 Å². The Labute approximate surface area is 155 Å². The minimum atomic E-state index is -1.29. The minimum Gasteiger partial charge on any atom is -0.422 e. The number of ether oxygens (including phenoxy) is 2. The van der Waals surface area contributed by atoms with Crippen molar-refractivity contribution in [3.05, 3.63) is 42.0 Å². The summed E-state index contributed by atoms with van der Waals surface area (Å²) in [6, 6.07) is 9.82. The molecule has 26 heavy (non-hydrogen) atoms. The zero-order valence-corrected chi connectivity index (χ0v) is 15.6. The van der Waals surface area contributed by atoms with Crippen LogP contribution in [0.2, 0.25) is 0 Å². The molecule has 1 aromatic rings. The molecule has 1 aromatic carbocycles. The molecule has 0 saturated carbocycles. The zero-order chi connectivity index (χ0) is 18.6. The van der Waals surface area contributed by atoms with Gasteiger partial charge in [-0.2, -0.15) is 0 Å². The topological polar surface area (TPSA) is 55.8 Å². The Morgan fingerprint density at radius 2 is 1.62 bits per heavy atom. The van der Waals surface area contributed by atoms with Gasteiger partial charge in [0, 0.05) is 20.4 Å². The fraction of sp³-hybridized carbons (Fsp3) is 0.524. The number of benzene rings is 1. The number of carbonyl (C=O) groups excluding carboxylic acids is 2. The summed E-state index contributed by atoms with van der Waals surface area (Å²) in [5.74, 6) is -2.17. The van der Waals surface area contributed by atoms with E-state index in [1.165, 1.54) is 6.42 Å². The normalized spacial score (nSPS) is 22.8. The fourth-order valence-electron chi connectivity index (χ4n) is 3.57. The molecule has 0 aromatic heterocycles. The second kappa shape index (κ2) is 7.62. The molecule has 0 N–H and O–H groups in total. The van der Waals surface area contributed by atoms with Gasteiger partial charge in [-0.3, -0.25) is 9.59 Å². The minimum absolute atomic E-state index is 0.270. The highest BCUT2D eigenvalue weighted by Gasteiger charge is 2.56. The van der Waals surface area contributed by atoms with Crippen LogP contribution in [-0.4, -0.2) is 42.3 Å². The number of nitrogens with zero attached hydrogens (tertiary/aromatic N) is 1. The van der Waals surface area contributed by atoms with Gasteiger partial charge in [-0.1, -0.05) is 48.9 Å². The zero-order valence-electron chi connectivity index (χ0n) is 15.6. The lowest BCUT2D eigenvalue weighted by Crippen LogP contribution is -2.58. The van der Waals surface area contributed by atoms with Crippen molar-refractivity contribution in [1.29, 1.82) is 0 Å². The number of allylic oxidation sites excluding steroid dienone is 1. The van der Waals surface area contributed by atoms with E-state index in [0.29, 0.717) is 6.54 Å². The average molecular weight is 357 g/mol. The Balaban J connectivity index is 1.82. The van der Waals surface area contributed by atoms with Crippen molar-refractivity contribution in [3.8, 4) is 0 Å². The Morgan fingerprint density at radius 1 is 1.00 bits per heavy atom. The van der Waals surface area contributed by atoms with Gasteiger partial charge < -0.3 is 14.4 Å². The van der Waals surface area contributed by atoms with Crippen LogP contribution in [0, 0.1) is 5.41 Å². The van der Waals surface area contributed by atoms with Crippen LogP contribution in [0.25, 0.3) is 6.08 Å². The molecule has 2 fully saturated rings. The van der Waals surface area contributed by atoms with Crippen LogP contribution >= 0.6 is 0 Å². The number of hydrogen-bond acceptors (Lipinski definition) is 5. The molecule has 0 radical (unpaired) electrons. The lowest BCUT2D eigenvalue weighted by Gasteiger charge is -2.42. The van der Waals surface area contributed by atoms with E-state index in [2.05, 4.69) is 4.90 Å². The van der Waals surface area contributed by atoms with Gasteiger partial charge in [-0.15, -0.1) is 0 Å². The van der Waals surface area contributed by atoms with Crippen molar-refractivity contribution >= 4 is 18.0 Å². The number of piperidine rings is 1. The van der Waals surface area contributed by atoms with Gasteiger partial charge in [0.25, 0.3) is 5.79 Å². The number of carbonyl (C=O) groups is 2. The smallest absolute Gasteiger partial charge is 0.328 e. The molecule has 5 heteroatoms. The maximum absolute atomic E-state index is 12.9. The van der Waals surface area contributed by atoms with Crippen LogP contribution in [0.1, 0.15) is 45.1 Å². The van der Waals surface area contributed by atoms with E-state index >= 15 is 0 Å². The fourth-order valence-corrected chi connectivity index (χ4v) is 3.57. The van der Waals surface area contributed by atoms with Crippen molar-refractivity contribution in [2.75, 3.05) is 19.6 Å². The summed E-state index contributed by atoms with van der Waals surface area (Å²) in [6.07, 6.45) is 7.45. The third kappa shape index (κ3) is 4.15. The van der Waals surface area contributed by atoms with E-state index < -0.39 is 23.1 Å². The summed E-state index contributed by atoms with van der Waals surface area (Å²) in [7, 11) is 0. The van der Waals surface area contributed by atoms with Gasteiger partial charge >= 0.3 is 11.9 Å². The van der Waals surface area contributed by atoms with Crippen molar-refractivity contribution < 1.29 is 19.1 Å². The molecule has 0 bridgehead atoms. The van der Waals surface area contributed by atoms with Crippen molar-refractivity contribution in [3.63, 3.8) is 0 Å². The first-order valence-corrected chi connectivity index (χ1v) is 9.32. The molecule has 2 aliphatic heterocycles.